The van der Waals surface area contributed by atoms with Crippen molar-refractivity contribution in [1.82, 2.24) is 0 Å². The zero-order chi connectivity index (χ0) is 17.7. The lowest BCUT2D eigenvalue weighted by molar-refractivity contribution is -1.00. The molecule has 2 N–H and O–H groups in total. The van der Waals surface area contributed by atoms with Crippen molar-refractivity contribution in [1.29, 1.82) is 0 Å². The molecule has 2 aromatic carbocycles. The third-order valence-corrected chi connectivity index (χ3v) is 5.61. The fraction of sp³-hybridized carbons (Fsp3) is 0.455. The molecule has 0 radical (unpaired) electrons. The van der Waals surface area contributed by atoms with Gasteiger partial charge in [-0.3, -0.25) is 0 Å². The highest BCUT2D eigenvalue weighted by Gasteiger charge is 2.23. The molecule has 1 aliphatic heterocycles. The van der Waals surface area contributed by atoms with E-state index in [0.717, 1.165) is 18.9 Å². The highest BCUT2D eigenvalue weighted by Crippen LogP contribution is 2.32. The minimum absolute atomic E-state index is 0.00605. The van der Waals surface area contributed by atoms with Crippen LogP contribution in [-0.4, -0.2) is 46.4 Å². The highest BCUT2D eigenvalue weighted by molar-refractivity contribution is 5.39. The molecule has 0 saturated carbocycles. The van der Waals surface area contributed by atoms with Gasteiger partial charge < -0.3 is 14.5 Å². The van der Waals surface area contributed by atoms with Gasteiger partial charge in [-0.15, -0.1) is 0 Å². The van der Waals surface area contributed by atoms with Gasteiger partial charge in [0.15, 0.2) is 0 Å². The van der Waals surface area contributed by atoms with Crippen molar-refractivity contribution in [3.05, 3.63) is 65.7 Å². The molecule has 1 saturated heterocycles. The van der Waals surface area contributed by atoms with Gasteiger partial charge in [-0.05, 0) is 23.3 Å². The first-order valence-electron chi connectivity index (χ1n) is 9.49. The summed E-state index contributed by atoms with van der Waals surface area (Å²) in [6.45, 7) is 11.5. The van der Waals surface area contributed by atoms with E-state index in [1.807, 2.05) is 0 Å². The Bertz CT molecular complexity index is 643. The second-order valence-corrected chi connectivity index (χ2v) is 7.82. The summed E-state index contributed by atoms with van der Waals surface area (Å²) in [5.41, 5.74) is 2.66. The summed E-state index contributed by atoms with van der Waals surface area (Å²) >= 11 is 0. The summed E-state index contributed by atoms with van der Waals surface area (Å²) in [5.74, 6) is 0.978. The number of nitrogens with one attached hydrogen (secondary N) is 2. The van der Waals surface area contributed by atoms with Crippen LogP contribution in [-0.2, 0) is 5.41 Å². The lowest BCUT2D eigenvalue weighted by Crippen LogP contribution is -3.27. The van der Waals surface area contributed by atoms with E-state index in [4.69, 9.17) is 4.74 Å². The van der Waals surface area contributed by atoms with E-state index >= 15 is 0 Å². The summed E-state index contributed by atoms with van der Waals surface area (Å²) < 4.78 is 5.98. The van der Waals surface area contributed by atoms with Crippen LogP contribution in [0.5, 0.6) is 5.75 Å². The third kappa shape index (κ3) is 4.62. The highest BCUT2D eigenvalue weighted by atomic mass is 16.5. The average molecular weight is 341 g/mol. The van der Waals surface area contributed by atoms with Crippen molar-refractivity contribution >= 4 is 0 Å². The minimum atomic E-state index is 0.00605. The predicted molar refractivity (Wildman–Crippen MR) is 103 cm³/mol. The molecule has 3 heteroatoms. The van der Waals surface area contributed by atoms with Gasteiger partial charge in [0.05, 0.1) is 7.05 Å². The number of rotatable bonds is 6. The molecular weight excluding hydrogens is 308 g/mol. The maximum atomic E-state index is 5.98. The standard InChI is InChI=1S/C22H30N2O/c1-22(2,19-7-5-4-6-8-19)20-9-11-21(12-10-20)25-18-17-24-15-13-23(3)14-16-24/h4-12H,13-18H2,1-3H3/p+2. The van der Waals surface area contributed by atoms with Crippen LogP contribution in [0.3, 0.4) is 0 Å². The second kappa shape index (κ2) is 8.03. The number of ether oxygens (including phenoxy) is 1. The van der Waals surface area contributed by atoms with Crippen LogP contribution in [0.25, 0.3) is 0 Å². The van der Waals surface area contributed by atoms with E-state index < -0.39 is 0 Å². The second-order valence-electron chi connectivity index (χ2n) is 7.82. The van der Waals surface area contributed by atoms with Crippen LogP contribution in [0, 0.1) is 0 Å². The number of benzene rings is 2. The summed E-state index contributed by atoms with van der Waals surface area (Å²) in [7, 11) is 2.28. The first-order chi connectivity index (χ1) is 12.1. The van der Waals surface area contributed by atoms with Gasteiger partial charge >= 0.3 is 0 Å². The molecule has 25 heavy (non-hydrogen) atoms. The number of hydrogen-bond donors (Lipinski definition) is 2. The van der Waals surface area contributed by atoms with Crippen LogP contribution in [0.15, 0.2) is 54.6 Å². The maximum Gasteiger partial charge on any atom is 0.137 e. The van der Waals surface area contributed by atoms with E-state index in [2.05, 4.69) is 75.5 Å². The Labute approximate surface area is 152 Å². The van der Waals surface area contributed by atoms with Gasteiger partial charge in [0.2, 0.25) is 0 Å². The molecule has 1 aliphatic rings. The van der Waals surface area contributed by atoms with Gasteiger partial charge in [0.1, 0.15) is 45.1 Å². The Balaban J connectivity index is 1.54. The van der Waals surface area contributed by atoms with Gasteiger partial charge in [-0.25, -0.2) is 0 Å². The molecule has 2 aromatic rings. The summed E-state index contributed by atoms with van der Waals surface area (Å²) in [4.78, 5) is 3.33. The molecule has 1 heterocycles. The first-order valence-corrected chi connectivity index (χ1v) is 9.49. The number of hydrogen-bond acceptors (Lipinski definition) is 1. The molecule has 3 rings (SSSR count). The van der Waals surface area contributed by atoms with Crippen LogP contribution >= 0.6 is 0 Å². The van der Waals surface area contributed by atoms with Gasteiger partial charge in [0.25, 0.3) is 0 Å². The monoisotopic (exact) mass is 340 g/mol. The molecule has 0 atom stereocenters. The fourth-order valence-electron chi connectivity index (χ4n) is 3.58. The van der Waals surface area contributed by atoms with Crippen LogP contribution < -0.4 is 14.5 Å². The van der Waals surface area contributed by atoms with Crippen molar-refractivity contribution < 1.29 is 14.5 Å². The molecule has 3 nitrogen and oxygen atoms in total. The zero-order valence-electron chi connectivity index (χ0n) is 15.8. The smallest absolute Gasteiger partial charge is 0.137 e. The van der Waals surface area contributed by atoms with Crippen molar-refractivity contribution in [2.45, 2.75) is 19.3 Å². The van der Waals surface area contributed by atoms with Crippen LogP contribution in [0.2, 0.25) is 0 Å². The van der Waals surface area contributed by atoms with Crippen molar-refractivity contribution in [3.63, 3.8) is 0 Å². The Morgan fingerprint density at radius 2 is 1.44 bits per heavy atom. The number of quaternary nitrogens is 2. The molecule has 0 bridgehead atoms. The average Bonchev–Trinajstić information content (AvgIpc) is 2.64. The SMILES string of the molecule is C[NH+]1CC[NH+](CCOc2ccc(C(C)(C)c3ccccc3)cc2)CC1. The lowest BCUT2D eigenvalue weighted by Gasteiger charge is -2.27. The van der Waals surface area contributed by atoms with E-state index in [1.54, 1.807) is 9.80 Å². The molecular formula is C22H32N2O+2. The van der Waals surface area contributed by atoms with E-state index in [-0.39, 0.29) is 5.41 Å². The van der Waals surface area contributed by atoms with Crippen LogP contribution in [0.4, 0.5) is 0 Å². The quantitative estimate of drug-likeness (QED) is 0.796. The summed E-state index contributed by atoms with van der Waals surface area (Å²) in [6.07, 6.45) is 0. The van der Waals surface area contributed by atoms with Crippen molar-refractivity contribution in [2.75, 3.05) is 46.4 Å². The fourth-order valence-corrected chi connectivity index (χ4v) is 3.58. The molecule has 0 unspecified atom stereocenters. The zero-order valence-corrected chi connectivity index (χ0v) is 15.8. The predicted octanol–water partition coefficient (Wildman–Crippen LogP) is 0.805. The van der Waals surface area contributed by atoms with Crippen molar-refractivity contribution in [2.24, 2.45) is 0 Å². The summed E-state index contributed by atoms with van der Waals surface area (Å²) in [5, 5.41) is 0. The number of likely N-dealkylation sites (N-methyl/N-ethyl adjacent to an activating group) is 1. The Morgan fingerprint density at radius 1 is 0.840 bits per heavy atom. The molecule has 0 aliphatic carbocycles. The largest absolute Gasteiger partial charge is 0.488 e. The van der Waals surface area contributed by atoms with Gasteiger partial charge in [0, 0.05) is 5.41 Å². The third-order valence-electron chi connectivity index (χ3n) is 5.61. The lowest BCUT2D eigenvalue weighted by atomic mass is 9.78. The van der Waals surface area contributed by atoms with Gasteiger partial charge in [-0.1, -0.05) is 56.3 Å². The molecule has 1 fully saturated rings. The molecule has 0 amide bonds. The Morgan fingerprint density at radius 3 is 2.08 bits per heavy atom. The topological polar surface area (TPSA) is 18.1 Å². The van der Waals surface area contributed by atoms with Crippen molar-refractivity contribution in [3.8, 4) is 5.75 Å². The van der Waals surface area contributed by atoms with Crippen LogP contribution in [0.1, 0.15) is 25.0 Å². The maximum absolute atomic E-state index is 5.98. The van der Waals surface area contributed by atoms with E-state index in [0.29, 0.717) is 0 Å². The minimum Gasteiger partial charge on any atom is -0.488 e. The molecule has 0 spiro atoms. The van der Waals surface area contributed by atoms with Gasteiger partial charge in [-0.2, -0.15) is 0 Å². The number of piperazine rings is 1. The Kier molecular flexibility index (Phi) is 5.77. The normalized spacial score (nSPS) is 21.1. The molecule has 134 valence electrons. The Hall–Kier alpha value is -1.84. The van der Waals surface area contributed by atoms with E-state index in [9.17, 15) is 0 Å². The first kappa shape index (κ1) is 18.0. The summed E-state index contributed by atoms with van der Waals surface area (Å²) in [6, 6.07) is 19.3. The van der Waals surface area contributed by atoms with E-state index in [1.165, 1.54) is 37.3 Å². The molecule has 0 aromatic heterocycles.